The number of amides is 2. The van der Waals surface area contributed by atoms with Crippen LogP contribution in [0.25, 0.3) is 6.08 Å². The lowest BCUT2D eigenvalue weighted by Gasteiger charge is -2.45. The van der Waals surface area contributed by atoms with E-state index in [2.05, 4.69) is 0 Å². The van der Waals surface area contributed by atoms with E-state index in [4.69, 9.17) is 4.74 Å². The summed E-state index contributed by atoms with van der Waals surface area (Å²) in [5, 5.41) is 11.5. The van der Waals surface area contributed by atoms with Crippen LogP contribution in [0.3, 0.4) is 0 Å². The maximum atomic E-state index is 13.3. The van der Waals surface area contributed by atoms with Crippen molar-refractivity contribution in [1.82, 2.24) is 9.80 Å². The summed E-state index contributed by atoms with van der Waals surface area (Å²) in [5.74, 6) is -1.04. The number of hydrogen-bond acceptors (Lipinski definition) is 5. The van der Waals surface area contributed by atoms with E-state index in [0.717, 1.165) is 0 Å². The van der Waals surface area contributed by atoms with Crippen molar-refractivity contribution in [2.45, 2.75) is 18.9 Å². The van der Waals surface area contributed by atoms with E-state index < -0.39 is 22.2 Å². The second-order valence-corrected chi connectivity index (χ2v) is 7.49. The second kappa shape index (κ2) is 8.17. The van der Waals surface area contributed by atoms with Gasteiger partial charge in [-0.25, -0.2) is 4.39 Å². The molecule has 0 aromatic heterocycles. The molecule has 31 heavy (non-hydrogen) atoms. The fourth-order valence-corrected chi connectivity index (χ4v) is 3.66. The number of hydrogen-bond donors (Lipinski definition) is 0. The van der Waals surface area contributed by atoms with Crippen molar-refractivity contribution in [3.8, 4) is 5.75 Å². The molecule has 1 fully saturated rings. The number of nitrogens with zero attached hydrogens (tertiary/aromatic N) is 3. The fourth-order valence-electron chi connectivity index (χ4n) is 3.66. The van der Waals surface area contributed by atoms with E-state index in [9.17, 15) is 24.1 Å². The zero-order valence-corrected chi connectivity index (χ0v) is 17.6. The number of piperazine rings is 1. The molecule has 0 bridgehead atoms. The molecule has 1 heterocycles. The Morgan fingerprint density at radius 3 is 2.39 bits per heavy atom. The summed E-state index contributed by atoms with van der Waals surface area (Å²) in [6.07, 6.45) is 1.48. The van der Waals surface area contributed by atoms with Gasteiger partial charge in [-0.15, -0.1) is 0 Å². The number of halogens is 1. The molecule has 2 amide bonds. The van der Waals surface area contributed by atoms with Gasteiger partial charge in [0.2, 0.25) is 0 Å². The number of nitro groups is 1. The summed E-state index contributed by atoms with van der Waals surface area (Å²) in [6, 6.07) is 10.0. The first kappa shape index (κ1) is 21.9. The monoisotopic (exact) mass is 427 g/mol. The van der Waals surface area contributed by atoms with E-state index in [-0.39, 0.29) is 35.0 Å². The average molecular weight is 427 g/mol. The van der Waals surface area contributed by atoms with Crippen molar-refractivity contribution < 1.29 is 23.6 Å². The molecule has 1 unspecified atom stereocenters. The number of ether oxygens (including phenoxy) is 1. The highest BCUT2D eigenvalue weighted by Crippen LogP contribution is 2.35. The summed E-state index contributed by atoms with van der Waals surface area (Å²) in [5.41, 5.74) is -0.695. The third-order valence-electron chi connectivity index (χ3n) is 5.59. The van der Waals surface area contributed by atoms with Crippen molar-refractivity contribution in [3.05, 3.63) is 75.2 Å². The van der Waals surface area contributed by atoms with Crippen LogP contribution < -0.4 is 4.74 Å². The zero-order chi connectivity index (χ0) is 22.9. The summed E-state index contributed by atoms with van der Waals surface area (Å²) < 4.78 is 18.5. The van der Waals surface area contributed by atoms with Gasteiger partial charge in [0.1, 0.15) is 22.8 Å². The van der Waals surface area contributed by atoms with Gasteiger partial charge in [-0.2, -0.15) is 0 Å². The molecule has 1 aliphatic rings. The third kappa shape index (κ3) is 3.86. The van der Waals surface area contributed by atoms with Gasteiger partial charge in [0, 0.05) is 26.6 Å². The van der Waals surface area contributed by atoms with Gasteiger partial charge in [0.05, 0.1) is 17.6 Å². The average Bonchev–Trinajstić information content (AvgIpc) is 2.75. The normalized spacial score (nSPS) is 20.4. The standard InChI is InChI=1S/C22H22FN3O5/c1-22(13-14-8-10-15(23)11-9-14)21(28)24(2)18(20(27)25(22)3)12-16-17(26(29)30)6-5-7-19(16)31-4/h5-12H,13H2,1-4H3. The number of nitro benzene ring substituents is 1. The molecule has 0 N–H and O–H groups in total. The van der Waals surface area contributed by atoms with Crippen LogP contribution in [0.5, 0.6) is 5.75 Å². The molecule has 9 heteroatoms. The van der Waals surface area contributed by atoms with Crippen LogP contribution in [-0.4, -0.2) is 53.3 Å². The van der Waals surface area contributed by atoms with Crippen LogP contribution in [-0.2, 0) is 16.0 Å². The summed E-state index contributed by atoms with van der Waals surface area (Å²) in [4.78, 5) is 39.9. The first-order valence-corrected chi connectivity index (χ1v) is 9.44. The SMILES string of the molecule is COc1cccc([N+](=O)[O-])c1C=C1C(=O)N(C)C(C)(Cc2ccc(F)cc2)C(=O)N1C. The van der Waals surface area contributed by atoms with Gasteiger partial charge in [0.25, 0.3) is 17.5 Å². The molecule has 0 radical (unpaired) electrons. The summed E-state index contributed by atoms with van der Waals surface area (Å²) in [7, 11) is 4.31. The lowest BCUT2D eigenvalue weighted by molar-refractivity contribution is -0.385. The maximum absolute atomic E-state index is 13.3. The van der Waals surface area contributed by atoms with Crippen molar-refractivity contribution in [3.63, 3.8) is 0 Å². The van der Waals surface area contributed by atoms with Gasteiger partial charge in [-0.1, -0.05) is 18.2 Å². The van der Waals surface area contributed by atoms with Gasteiger partial charge in [-0.3, -0.25) is 19.7 Å². The van der Waals surface area contributed by atoms with E-state index >= 15 is 0 Å². The van der Waals surface area contributed by atoms with Crippen molar-refractivity contribution >= 4 is 23.6 Å². The summed E-state index contributed by atoms with van der Waals surface area (Å²) >= 11 is 0. The molecule has 0 saturated carbocycles. The van der Waals surface area contributed by atoms with E-state index in [1.54, 1.807) is 19.1 Å². The van der Waals surface area contributed by atoms with E-state index in [1.165, 1.54) is 67.4 Å². The molecule has 0 spiro atoms. The van der Waals surface area contributed by atoms with Crippen LogP contribution >= 0.6 is 0 Å². The van der Waals surface area contributed by atoms with Gasteiger partial charge in [0.15, 0.2) is 0 Å². The Kier molecular flexibility index (Phi) is 5.79. The Labute approximate surface area is 178 Å². The predicted octanol–water partition coefficient (Wildman–Crippen LogP) is 3.02. The molecule has 1 atom stereocenters. The zero-order valence-electron chi connectivity index (χ0n) is 17.6. The topological polar surface area (TPSA) is 93.0 Å². The Hall–Kier alpha value is -3.75. The van der Waals surface area contributed by atoms with Gasteiger partial charge < -0.3 is 14.5 Å². The fraction of sp³-hybridized carbons (Fsp3) is 0.273. The molecular weight excluding hydrogens is 405 g/mol. The minimum atomic E-state index is -1.21. The lowest BCUT2D eigenvalue weighted by Crippen LogP contribution is -2.64. The molecular formula is C22H22FN3O5. The highest BCUT2D eigenvalue weighted by molar-refractivity contribution is 6.09. The first-order chi connectivity index (χ1) is 14.6. The smallest absolute Gasteiger partial charge is 0.280 e. The molecule has 1 aliphatic heterocycles. The minimum Gasteiger partial charge on any atom is -0.496 e. The highest BCUT2D eigenvalue weighted by atomic mass is 19.1. The Balaban J connectivity index is 2.05. The largest absolute Gasteiger partial charge is 0.496 e. The van der Waals surface area contributed by atoms with Crippen LogP contribution in [0.2, 0.25) is 0 Å². The number of likely N-dealkylation sites (N-methyl/N-ethyl adjacent to an activating group) is 2. The Morgan fingerprint density at radius 1 is 1.16 bits per heavy atom. The lowest BCUT2D eigenvalue weighted by atomic mass is 9.87. The van der Waals surface area contributed by atoms with Crippen molar-refractivity contribution in [1.29, 1.82) is 0 Å². The minimum absolute atomic E-state index is 0.0170. The number of benzene rings is 2. The van der Waals surface area contributed by atoms with E-state index in [1.807, 2.05) is 0 Å². The number of carbonyl (C=O) groups is 2. The molecule has 1 saturated heterocycles. The number of methoxy groups -OCH3 is 1. The molecule has 0 aliphatic carbocycles. The van der Waals surface area contributed by atoms with Gasteiger partial charge >= 0.3 is 0 Å². The third-order valence-corrected chi connectivity index (χ3v) is 5.59. The molecule has 2 aromatic rings. The van der Waals surface area contributed by atoms with Crippen molar-refractivity contribution in [2.24, 2.45) is 0 Å². The predicted molar refractivity (Wildman–Crippen MR) is 112 cm³/mol. The number of rotatable bonds is 5. The second-order valence-electron chi connectivity index (χ2n) is 7.49. The molecule has 2 aromatic carbocycles. The van der Waals surface area contributed by atoms with Crippen LogP contribution in [0.1, 0.15) is 18.1 Å². The van der Waals surface area contributed by atoms with Crippen LogP contribution in [0.15, 0.2) is 48.2 Å². The molecule has 3 rings (SSSR count). The highest BCUT2D eigenvalue weighted by Gasteiger charge is 2.48. The van der Waals surface area contributed by atoms with Gasteiger partial charge in [-0.05, 0) is 36.8 Å². The first-order valence-electron chi connectivity index (χ1n) is 9.44. The van der Waals surface area contributed by atoms with Crippen LogP contribution in [0, 0.1) is 15.9 Å². The molecule has 8 nitrogen and oxygen atoms in total. The maximum Gasteiger partial charge on any atom is 0.280 e. The van der Waals surface area contributed by atoms with Crippen molar-refractivity contribution in [2.75, 3.05) is 21.2 Å². The Bertz CT molecular complexity index is 1080. The van der Waals surface area contributed by atoms with Crippen LogP contribution in [0.4, 0.5) is 10.1 Å². The molecule has 162 valence electrons. The van der Waals surface area contributed by atoms with E-state index in [0.29, 0.717) is 5.56 Å². The summed E-state index contributed by atoms with van der Waals surface area (Å²) in [6.45, 7) is 1.63. The Morgan fingerprint density at radius 2 is 1.81 bits per heavy atom. The quantitative estimate of drug-likeness (QED) is 0.415. The number of carbonyl (C=O) groups excluding carboxylic acids is 2.